The Bertz CT molecular complexity index is 1080. The van der Waals surface area contributed by atoms with Crippen LogP contribution in [-0.4, -0.2) is 10.9 Å². The molecule has 24 heavy (non-hydrogen) atoms. The number of hydrogen-bond donors (Lipinski definition) is 1. The number of benzene rings is 1. The number of anilines is 1. The zero-order valence-corrected chi connectivity index (χ0v) is 13.8. The fourth-order valence-electron chi connectivity index (χ4n) is 2.27. The summed E-state index contributed by atoms with van der Waals surface area (Å²) in [5, 5.41) is 7.31. The molecule has 0 aliphatic heterocycles. The lowest BCUT2D eigenvalue weighted by molar-refractivity contribution is 0.102. The summed E-state index contributed by atoms with van der Waals surface area (Å²) in [6, 6.07) is 10.7. The lowest BCUT2D eigenvalue weighted by atomic mass is 10.1. The number of thiazole rings is 1. The van der Waals surface area contributed by atoms with Crippen molar-refractivity contribution in [2.24, 2.45) is 0 Å². The molecule has 0 aliphatic carbocycles. The third-order valence-corrected chi connectivity index (χ3v) is 5.07. The summed E-state index contributed by atoms with van der Waals surface area (Å²) in [5.74, 6) is -0.526. The van der Waals surface area contributed by atoms with E-state index in [0.29, 0.717) is 16.1 Å². The average molecular weight is 354 g/mol. The highest BCUT2D eigenvalue weighted by molar-refractivity contribution is 7.16. The summed E-state index contributed by atoms with van der Waals surface area (Å²) < 4.78 is 5.37. The highest BCUT2D eigenvalue weighted by Gasteiger charge is 2.16. The first kappa shape index (κ1) is 14.8. The molecule has 0 unspecified atom stereocenters. The molecular formula is C17H10N2O3S2. The summed E-state index contributed by atoms with van der Waals surface area (Å²) in [6.45, 7) is 0. The van der Waals surface area contributed by atoms with Crippen LogP contribution in [0.3, 0.4) is 0 Å². The van der Waals surface area contributed by atoms with Gasteiger partial charge in [0, 0.05) is 5.38 Å². The molecule has 4 aromatic rings. The Morgan fingerprint density at radius 1 is 1.12 bits per heavy atom. The monoisotopic (exact) mass is 354 g/mol. The minimum Gasteiger partial charge on any atom is -0.463 e. The van der Waals surface area contributed by atoms with Gasteiger partial charge in [0.25, 0.3) is 5.91 Å². The Kier molecular flexibility index (Phi) is 3.72. The zero-order valence-electron chi connectivity index (χ0n) is 12.2. The van der Waals surface area contributed by atoms with Gasteiger partial charge in [-0.2, -0.15) is 0 Å². The second-order valence-corrected chi connectivity index (χ2v) is 6.75. The van der Waals surface area contributed by atoms with Crippen molar-refractivity contribution < 1.29 is 9.21 Å². The molecule has 0 radical (unpaired) electrons. The van der Waals surface area contributed by atoms with E-state index in [1.807, 2.05) is 22.9 Å². The van der Waals surface area contributed by atoms with Crippen LogP contribution in [0.4, 0.5) is 5.13 Å². The number of fused-ring (bicyclic) bond motifs is 1. The van der Waals surface area contributed by atoms with E-state index in [4.69, 9.17) is 4.42 Å². The SMILES string of the molecule is O=C(Nc1nc(-c2cccs2)cs1)c1coc2ccccc2c1=O. The number of amides is 1. The van der Waals surface area contributed by atoms with E-state index in [0.717, 1.165) is 10.6 Å². The Labute approximate surface area is 144 Å². The Balaban J connectivity index is 1.63. The molecule has 1 amide bonds. The van der Waals surface area contributed by atoms with Crippen molar-refractivity contribution in [1.29, 1.82) is 0 Å². The van der Waals surface area contributed by atoms with Gasteiger partial charge in [-0.25, -0.2) is 4.98 Å². The van der Waals surface area contributed by atoms with Gasteiger partial charge < -0.3 is 4.42 Å². The Hall–Kier alpha value is -2.77. The van der Waals surface area contributed by atoms with E-state index >= 15 is 0 Å². The van der Waals surface area contributed by atoms with Crippen LogP contribution in [0.2, 0.25) is 0 Å². The molecule has 0 bridgehead atoms. The Morgan fingerprint density at radius 2 is 2.00 bits per heavy atom. The topological polar surface area (TPSA) is 72.2 Å². The van der Waals surface area contributed by atoms with Crippen molar-refractivity contribution in [1.82, 2.24) is 4.98 Å². The molecule has 0 aliphatic rings. The number of nitrogens with zero attached hydrogens (tertiary/aromatic N) is 1. The largest absolute Gasteiger partial charge is 0.463 e. The third-order valence-electron chi connectivity index (χ3n) is 3.42. The van der Waals surface area contributed by atoms with Crippen molar-refractivity contribution in [3.05, 3.63) is 69.2 Å². The maximum Gasteiger partial charge on any atom is 0.264 e. The predicted molar refractivity (Wildman–Crippen MR) is 95.9 cm³/mol. The van der Waals surface area contributed by atoms with Gasteiger partial charge in [0.15, 0.2) is 5.13 Å². The van der Waals surface area contributed by atoms with E-state index in [9.17, 15) is 9.59 Å². The smallest absolute Gasteiger partial charge is 0.264 e. The number of nitrogens with one attached hydrogen (secondary N) is 1. The molecule has 0 saturated heterocycles. The maximum absolute atomic E-state index is 12.4. The van der Waals surface area contributed by atoms with Gasteiger partial charge in [-0.15, -0.1) is 22.7 Å². The summed E-state index contributed by atoms with van der Waals surface area (Å²) in [7, 11) is 0. The van der Waals surface area contributed by atoms with Crippen LogP contribution in [0, 0.1) is 0 Å². The normalized spacial score (nSPS) is 10.8. The summed E-state index contributed by atoms with van der Waals surface area (Å²) in [6.07, 6.45) is 1.19. The van der Waals surface area contributed by atoms with E-state index in [2.05, 4.69) is 10.3 Å². The first-order valence-electron chi connectivity index (χ1n) is 7.03. The van der Waals surface area contributed by atoms with Crippen molar-refractivity contribution >= 4 is 44.7 Å². The predicted octanol–water partition coefficient (Wildman–Crippen LogP) is 4.23. The van der Waals surface area contributed by atoms with Crippen LogP contribution >= 0.6 is 22.7 Å². The molecule has 118 valence electrons. The minimum atomic E-state index is -0.526. The number of carbonyl (C=O) groups is 1. The molecule has 4 rings (SSSR count). The van der Waals surface area contributed by atoms with Crippen molar-refractivity contribution in [3.8, 4) is 10.6 Å². The average Bonchev–Trinajstić information content (AvgIpc) is 3.26. The standard InChI is InChI=1S/C17H10N2O3S2/c20-15-10-4-1-2-5-13(10)22-8-11(15)16(21)19-17-18-12(9-24-17)14-6-3-7-23-14/h1-9H,(H,18,19,21). The van der Waals surface area contributed by atoms with Crippen LogP contribution in [0.25, 0.3) is 21.5 Å². The molecule has 0 saturated carbocycles. The molecule has 7 heteroatoms. The van der Waals surface area contributed by atoms with Crippen LogP contribution < -0.4 is 10.7 Å². The van der Waals surface area contributed by atoms with Gasteiger partial charge in [-0.1, -0.05) is 18.2 Å². The highest BCUT2D eigenvalue weighted by atomic mass is 32.1. The lowest BCUT2D eigenvalue weighted by Crippen LogP contribution is -2.21. The lowest BCUT2D eigenvalue weighted by Gasteiger charge is -2.02. The first-order valence-corrected chi connectivity index (χ1v) is 8.79. The fourth-order valence-corrected chi connectivity index (χ4v) is 3.73. The van der Waals surface area contributed by atoms with Crippen LogP contribution in [-0.2, 0) is 0 Å². The highest BCUT2D eigenvalue weighted by Crippen LogP contribution is 2.28. The van der Waals surface area contributed by atoms with Gasteiger partial charge in [0.2, 0.25) is 5.43 Å². The van der Waals surface area contributed by atoms with Gasteiger partial charge in [0.05, 0.1) is 16.0 Å². The molecular weight excluding hydrogens is 344 g/mol. The molecule has 1 N–H and O–H groups in total. The minimum absolute atomic E-state index is 0.0402. The van der Waals surface area contributed by atoms with Gasteiger partial charge in [0.1, 0.15) is 17.4 Å². The number of carbonyl (C=O) groups excluding carboxylic acids is 1. The molecule has 5 nitrogen and oxygen atoms in total. The number of hydrogen-bond acceptors (Lipinski definition) is 6. The number of para-hydroxylation sites is 1. The summed E-state index contributed by atoms with van der Waals surface area (Å²) in [5.41, 5.74) is 0.857. The van der Waals surface area contributed by atoms with Crippen LogP contribution in [0.5, 0.6) is 0 Å². The first-order chi connectivity index (χ1) is 11.7. The van der Waals surface area contributed by atoms with Crippen molar-refractivity contribution in [3.63, 3.8) is 0 Å². The van der Waals surface area contributed by atoms with Crippen molar-refractivity contribution in [2.45, 2.75) is 0 Å². The third kappa shape index (κ3) is 2.64. The van der Waals surface area contributed by atoms with Crippen molar-refractivity contribution in [2.75, 3.05) is 5.32 Å². The molecule has 1 aromatic carbocycles. The number of thiophene rings is 1. The number of aromatic nitrogens is 1. The quantitative estimate of drug-likeness (QED) is 0.597. The van der Waals surface area contributed by atoms with Gasteiger partial charge in [-0.3, -0.25) is 14.9 Å². The fraction of sp³-hybridized carbons (Fsp3) is 0. The molecule has 0 fully saturated rings. The van der Waals surface area contributed by atoms with E-state index in [-0.39, 0.29) is 11.0 Å². The van der Waals surface area contributed by atoms with Gasteiger partial charge in [-0.05, 0) is 23.6 Å². The van der Waals surface area contributed by atoms with E-state index in [1.165, 1.54) is 17.6 Å². The second kappa shape index (κ2) is 6.03. The maximum atomic E-state index is 12.4. The van der Waals surface area contributed by atoms with E-state index in [1.54, 1.807) is 35.6 Å². The summed E-state index contributed by atoms with van der Waals surface area (Å²) in [4.78, 5) is 30.2. The van der Waals surface area contributed by atoms with E-state index < -0.39 is 5.91 Å². The zero-order chi connectivity index (χ0) is 16.5. The molecule has 0 atom stereocenters. The van der Waals surface area contributed by atoms with Crippen LogP contribution in [0.15, 0.2) is 62.6 Å². The Morgan fingerprint density at radius 3 is 2.83 bits per heavy atom. The van der Waals surface area contributed by atoms with Crippen LogP contribution in [0.1, 0.15) is 10.4 Å². The molecule has 0 spiro atoms. The molecule has 3 aromatic heterocycles. The molecule has 3 heterocycles. The second-order valence-electron chi connectivity index (χ2n) is 4.94. The van der Waals surface area contributed by atoms with Gasteiger partial charge >= 0.3 is 0 Å². The number of rotatable bonds is 3. The summed E-state index contributed by atoms with van der Waals surface area (Å²) >= 11 is 2.89.